The van der Waals surface area contributed by atoms with Crippen molar-refractivity contribution in [1.29, 1.82) is 0 Å². The largest absolute Gasteiger partial charge is 0.435 e. The first kappa shape index (κ1) is 19.9. The summed E-state index contributed by atoms with van der Waals surface area (Å²) in [7, 11) is 0. The predicted octanol–water partition coefficient (Wildman–Crippen LogP) is 3.62. The molecule has 1 aliphatic rings. The SMILES string of the molecule is CCNC(=NCc1cccc(OC(F)F)c1)NC1CCN(c2ccccc2)C1. The topological polar surface area (TPSA) is 48.9 Å². The van der Waals surface area contributed by atoms with Crippen LogP contribution in [0, 0.1) is 0 Å². The van der Waals surface area contributed by atoms with E-state index in [2.05, 4.69) is 37.4 Å². The first-order valence-corrected chi connectivity index (χ1v) is 9.52. The van der Waals surface area contributed by atoms with Gasteiger partial charge in [0.2, 0.25) is 0 Å². The maximum absolute atomic E-state index is 12.4. The number of guanidine groups is 1. The molecule has 0 aromatic heterocycles. The van der Waals surface area contributed by atoms with Crippen LogP contribution in [0.5, 0.6) is 5.75 Å². The van der Waals surface area contributed by atoms with E-state index in [-0.39, 0.29) is 5.75 Å². The van der Waals surface area contributed by atoms with Crippen molar-refractivity contribution in [3.8, 4) is 5.75 Å². The van der Waals surface area contributed by atoms with Crippen LogP contribution >= 0.6 is 0 Å². The molecule has 150 valence electrons. The zero-order valence-electron chi connectivity index (χ0n) is 15.9. The number of aliphatic imine (C=N–C) groups is 1. The van der Waals surface area contributed by atoms with Gasteiger partial charge in [-0.15, -0.1) is 0 Å². The van der Waals surface area contributed by atoms with E-state index >= 15 is 0 Å². The summed E-state index contributed by atoms with van der Waals surface area (Å²) in [5, 5.41) is 6.73. The van der Waals surface area contributed by atoms with Gasteiger partial charge in [-0.05, 0) is 43.2 Å². The molecule has 3 rings (SSSR count). The van der Waals surface area contributed by atoms with E-state index in [1.54, 1.807) is 12.1 Å². The van der Waals surface area contributed by atoms with Crippen molar-refractivity contribution < 1.29 is 13.5 Å². The summed E-state index contributed by atoms with van der Waals surface area (Å²) >= 11 is 0. The molecule has 0 saturated carbocycles. The Balaban J connectivity index is 1.59. The van der Waals surface area contributed by atoms with Gasteiger partial charge in [0, 0.05) is 31.4 Å². The second-order valence-electron chi connectivity index (χ2n) is 6.63. The lowest BCUT2D eigenvalue weighted by Gasteiger charge is -2.20. The Bertz CT molecular complexity index is 770. The van der Waals surface area contributed by atoms with E-state index in [4.69, 9.17) is 0 Å². The molecule has 0 radical (unpaired) electrons. The van der Waals surface area contributed by atoms with Crippen LogP contribution in [0.4, 0.5) is 14.5 Å². The number of alkyl halides is 2. The number of nitrogens with zero attached hydrogens (tertiary/aromatic N) is 2. The van der Waals surface area contributed by atoms with E-state index in [0.29, 0.717) is 12.6 Å². The van der Waals surface area contributed by atoms with E-state index in [1.165, 1.54) is 11.8 Å². The van der Waals surface area contributed by atoms with Crippen LogP contribution in [-0.2, 0) is 6.54 Å². The third kappa shape index (κ3) is 5.84. The molecule has 5 nitrogen and oxygen atoms in total. The van der Waals surface area contributed by atoms with Crippen molar-refractivity contribution in [2.45, 2.75) is 32.5 Å². The molecular weight excluding hydrogens is 362 g/mol. The fourth-order valence-electron chi connectivity index (χ4n) is 3.26. The zero-order chi connectivity index (χ0) is 19.8. The molecule has 1 saturated heterocycles. The zero-order valence-corrected chi connectivity index (χ0v) is 15.9. The normalized spacial score (nSPS) is 17.1. The molecule has 1 heterocycles. The van der Waals surface area contributed by atoms with Crippen LogP contribution in [0.3, 0.4) is 0 Å². The third-order valence-corrected chi connectivity index (χ3v) is 4.54. The minimum atomic E-state index is -2.83. The average Bonchev–Trinajstić information content (AvgIpc) is 3.15. The van der Waals surface area contributed by atoms with E-state index in [1.807, 2.05) is 31.2 Å². The molecule has 1 unspecified atom stereocenters. The second-order valence-corrected chi connectivity index (χ2v) is 6.63. The van der Waals surface area contributed by atoms with E-state index < -0.39 is 6.61 Å². The van der Waals surface area contributed by atoms with Gasteiger partial charge in [0.1, 0.15) is 5.75 Å². The van der Waals surface area contributed by atoms with Crippen LogP contribution < -0.4 is 20.3 Å². The number of nitrogens with one attached hydrogen (secondary N) is 2. The van der Waals surface area contributed by atoms with Crippen LogP contribution in [0.15, 0.2) is 59.6 Å². The van der Waals surface area contributed by atoms with Crippen molar-refractivity contribution in [2.24, 2.45) is 4.99 Å². The molecule has 1 aliphatic heterocycles. The molecule has 1 fully saturated rings. The maximum Gasteiger partial charge on any atom is 0.387 e. The van der Waals surface area contributed by atoms with Gasteiger partial charge < -0.3 is 20.3 Å². The molecular formula is C21H26F2N4O. The standard InChI is InChI=1S/C21H26F2N4O/c1-2-24-21(25-14-16-7-6-10-19(13-16)28-20(22)23)26-17-11-12-27(15-17)18-8-4-3-5-9-18/h3-10,13,17,20H,2,11-12,14-15H2,1H3,(H2,24,25,26). The first-order valence-electron chi connectivity index (χ1n) is 9.52. The summed E-state index contributed by atoms with van der Waals surface area (Å²) in [6, 6.07) is 17.3. The molecule has 2 aromatic carbocycles. The van der Waals surface area contributed by atoms with Crippen LogP contribution in [0.25, 0.3) is 0 Å². The van der Waals surface area contributed by atoms with Crippen molar-refractivity contribution in [3.63, 3.8) is 0 Å². The number of ether oxygens (including phenoxy) is 1. The van der Waals surface area contributed by atoms with Gasteiger partial charge in [-0.25, -0.2) is 4.99 Å². The summed E-state index contributed by atoms with van der Waals surface area (Å²) in [5.41, 5.74) is 2.04. The summed E-state index contributed by atoms with van der Waals surface area (Å²) < 4.78 is 29.2. The third-order valence-electron chi connectivity index (χ3n) is 4.54. The van der Waals surface area contributed by atoms with E-state index in [9.17, 15) is 8.78 Å². The Morgan fingerprint density at radius 2 is 2.04 bits per heavy atom. The Labute approximate surface area is 164 Å². The Morgan fingerprint density at radius 1 is 1.21 bits per heavy atom. The lowest BCUT2D eigenvalue weighted by atomic mass is 10.2. The van der Waals surface area contributed by atoms with Crippen LogP contribution in [0.1, 0.15) is 18.9 Å². The molecule has 2 aromatic rings. The lowest BCUT2D eigenvalue weighted by molar-refractivity contribution is -0.0498. The highest BCUT2D eigenvalue weighted by Gasteiger charge is 2.23. The molecule has 1 atom stereocenters. The molecule has 0 bridgehead atoms. The highest BCUT2D eigenvalue weighted by Crippen LogP contribution is 2.20. The lowest BCUT2D eigenvalue weighted by Crippen LogP contribution is -2.44. The summed E-state index contributed by atoms with van der Waals surface area (Å²) in [6.45, 7) is 2.22. The predicted molar refractivity (Wildman–Crippen MR) is 108 cm³/mol. The number of rotatable bonds is 7. The van der Waals surface area contributed by atoms with Gasteiger partial charge in [0.25, 0.3) is 0 Å². The second kappa shape index (κ2) is 9.92. The number of para-hydroxylation sites is 1. The van der Waals surface area contributed by atoms with Gasteiger partial charge >= 0.3 is 6.61 Å². The Kier molecular flexibility index (Phi) is 7.06. The maximum atomic E-state index is 12.4. The minimum Gasteiger partial charge on any atom is -0.435 e. The molecule has 2 N–H and O–H groups in total. The fraction of sp³-hybridized carbons (Fsp3) is 0.381. The summed E-state index contributed by atoms with van der Waals surface area (Å²) in [5.74, 6) is 0.873. The number of anilines is 1. The van der Waals surface area contributed by atoms with Gasteiger partial charge in [-0.1, -0.05) is 30.3 Å². The minimum absolute atomic E-state index is 0.148. The van der Waals surface area contributed by atoms with Gasteiger partial charge in [-0.2, -0.15) is 8.78 Å². The van der Waals surface area contributed by atoms with E-state index in [0.717, 1.165) is 37.6 Å². The van der Waals surface area contributed by atoms with Crippen molar-refractivity contribution in [1.82, 2.24) is 10.6 Å². The number of benzene rings is 2. The number of halogens is 2. The van der Waals surface area contributed by atoms with Gasteiger partial charge in [0.15, 0.2) is 5.96 Å². The van der Waals surface area contributed by atoms with Gasteiger partial charge in [-0.3, -0.25) is 0 Å². The van der Waals surface area contributed by atoms with Crippen LogP contribution in [0.2, 0.25) is 0 Å². The van der Waals surface area contributed by atoms with Crippen molar-refractivity contribution in [2.75, 3.05) is 24.5 Å². The van der Waals surface area contributed by atoms with Crippen LogP contribution in [-0.4, -0.2) is 38.2 Å². The fourth-order valence-corrected chi connectivity index (χ4v) is 3.26. The molecule has 0 amide bonds. The summed E-state index contributed by atoms with van der Waals surface area (Å²) in [4.78, 5) is 6.95. The smallest absolute Gasteiger partial charge is 0.387 e. The molecule has 7 heteroatoms. The Hall–Kier alpha value is -2.83. The molecule has 0 aliphatic carbocycles. The summed E-state index contributed by atoms with van der Waals surface area (Å²) in [6.07, 6.45) is 1.02. The van der Waals surface area contributed by atoms with Crippen molar-refractivity contribution in [3.05, 3.63) is 60.2 Å². The first-order chi connectivity index (χ1) is 13.6. The highest BCUT2D eigenvalue weighted by atomic mass is 19.3. The Morgan fingerprint density at radius 3 is 2.79 bits per heavy atom. The monoisotopic (exact) mass is 388 g/mol. The molecule has 28 heavy (non-hydrogen) atoms. The van der Waals surface area contributed by atoms with Gasteiger partial charge in [0.05, 0.1) is 6.54 Å². The quantitative estimate of drug-likeness (QED) is 0.562. The molecule has 0 spiro atoms. The number of hydrogen-bond donors (Lipinski definition) is 2. The average molecular weight is 388 g/mol. The highest BCUT2D eigenvalue weighted by molar-refractivity contribution is 5.80. The number of hydrogen-bond acceptors (Lipinski definition) is 3. The van der Waals surface area contributed by atoms with Crippen molar-refractivity contribution >= 4 is 11.6 Å².